The summed E-state index contributed by atoms with van der Waals surface area (Å²) in [4.78, 5) is 35.2. The average molecular weight is 413 g/mol. The number of ether oxygens (including phenoxy) is 1. The molecule has 3 N–H and O–H groups in total. The zero-order valence-corrected chi connectivity index (χ0v) is 15.5. The Morgan fingerprint density at radius 1 is 1.20 bits per heavy atom. The minimum absolute atomic E-state index is 0.256. The Hall–Kier alpha value is -2.09. The molecule has 0 saturated heterocycles. The van der Waals surface area contributed by atoms with Crippen molar-refractivity contribution in [2.24, 2.45) is 11.8 Å². The summed E-state index contributed by atoms with van der Waals surface area (Å²) in [6.45, 7) is 1.65. The third kappa shape index (κ3) is 5.45. The van der Waals surface area contributed by atoms with E-state index < -0.39 is 29.6 Å². The van der Waals surface area contributed by atoms with Gasteiger partial charge in [0.05, 0.1) is 11.8 Å². The summed E-state index contributed by atoms with van der Waals surface area (Å²) in [5.41, 5.74) is 5.55. The van der Waals surface area contributed by atoms with Crippen LogP contribution in [0.3, 0.4) is 0 Å². The first-order valence-corrected chi connectivity index (χ1v) is 8.88. The van der Waals surface area contributed by atoms with Gasteiger partial charge in [0.2, 0.25) is 5.91 Å². The third-order valence-electron chi connectivity index (χ3n) is 4.24. The van der Waals surface area contributed by atoms with Crippen molar-refractivity contribution in [1.82, 2.24) is 10.9 Å². The first-order valence-electron chi connectivity index (χ1n) is 8.09. The highest BCUT2D eigenvalue weighted by Gasteiger charge is 2.35. The van der Waals surface area contributed by atoms with Crippen LogP contribution >= 0.6 is 15.9 Å². The molecular weight excluding hydrogens is 392 g/mol. The normalized spacial score (nSPS) is 19.8. The van der Waals surface area contributed by atoms with Crippen molar-refractivity contribution in [2.75, 3.05) is 6.61 Å². The lowest BCUT2D eigenvalue weighted by Crippen LogP contribution is -2.49. The number of carboxylic acid groups (broad SMARTS) is 1. The number of halogens is 1. The van der Waals surface area contributed by atoms with Gasteiger partial charge in [-0.3, -0.25) is 25.2 Å². The van der Waals surface area contributed by atoms with Crippen molar-refractivity contribution in [1.29, 1.82) is 0 Å². The summed E-state index contributed by atoms with van der Waals surface area (Å²) in [7, 11) is 0. The van der Waals surface area contributed by atoms with Gasteiger partial charge in [-0.2, -0.15) is 0 Å². The average Bonchev–Trinajstić information content (AvgIpc) is 2.60. The Kier molecular flexibility index (Phi) is 6.81. The minimum Gasteiger partial charge on any atom is -0.484 e. The first-order chi connectivity index (χ1) is 11.9. The molecule has 2 rings (SSSR count). The standard InChI is InChI=1S/C17H21BrN2O5/c1-10-8-11(6-7-14(10)18)25-9-15(21)19-20-16(22)12-4-2-3-5-13(12)17(23)24/h6-8,12-13H,2-5,9H2,1H3,(H,19,21)(H,20,22)(H,23,24)/t12-,13-/m0/s1. The first kappa shape index (κ1) is 19.2. The molecule has 0 aliphatic heterocycles. The molecule has 0 bridgehead atoms. The van der Waals surface area contributed by atoms with Crippen LogP contribution < -0.4 is 15.6 Å². The van der Waals surface area contributed by atoms with Gasteiger partial charge in [-0.1, -0.05) is 28.8 Å². The second-order valence-corrected chi connectivity index (χ2v) is 6.93. The molecule has 8 heteroatoms. The largest absolute Gasteiger partial charge is 0.484 e. The number of rotatable bonds is 5. The van der Waals surface area contributed by atoms with Crippen LogP contribution in [0.2, 0.25) is 0 Å². The molecule has 1 fully saturated rings. The van der Waals surface area contributed by atoms with Crippen molar-refractivity contribution in [2.45, 2.75) is 32.6 Å². The summed E-state index contributed by atoms with van der Waals surface area (Å²) < 4.78 is 6.30. The van der Waals surface area contributed by atoms with Gasteiger partial charge in [0.25, 0.3) is 5.91 Å². The quantitative estimate of drug-likeness (QED) is 0.642. The predicted octanol–water partition coefficient (Wildman–Crippen LogP) is 2.17. The molecule has 1 aliphatic carbocycles. The van der Waals surface area contributed by atoms with E-state index in [9.17, 15) is 19.5 Å². The van der Waals surface area contributed by atoms with Crippen molar-refractivity contribution >= 4 is 33.7 Å². The van der Waals surface area contributed by atoms with E-state index in [0.717, 1.165) is 22.9 Å². The SMILES string of the molecule is Cc1cc(OCC(=O)NNC(=O)[C@H]2CCCC[C@@H]2C(=O)O)ccc1Br. The number of amides is 2. The summed E-state index contributed by atoms with van der Waals surface area (Å²) in [5, 5.41) is 9.20. The molecule has 0 radical (unpaired) electrons. The van der Waals surface area contributed by atoms with Crippen molar-refractivity contribution in [3.8, 4) is 5.75 Å². The van der Waals surface area contributed by atoms with Gasteiger partial charge in [0.1, 0.15) is 5.75 Å². The van der Waals surface area contributed by atoms with Gasteiger partial charge in [0, 0.05) is 4.47 Å². The number of carboxylic acids is 1. The Labute approximate surface area is 154 Å². The van der Waals surface area contributed by atoms with Gasteiger partial charge in [-0.25, -0.2) is 0 Å². The highest BCUT2D eigenvalue weighted by Crippen LogP contribution is 2.30. The predicted molar refractivity (Wildman–Crippen MR) is 93.7 cm³/mol. The van der Waals surface area contributed by atoms with E-state index in [1.165, 1.54) is 0 Å². The monoisotopic (exact) mass is 412 g/mol. The van der Waals surface area contributed by atoms with E-state index in [0.29, 0.717) is 18.6 Å². The number of hydrazine groups is 1. The molecule has 0 spiro atoms. The number of hydrogen-bond donors (Lipinski definition) is 3. The summed E-state index contributed by atoms with van der Waals surface area (Å²) in [6, 6.07) is 5.33. The molecule has 0 heterocycles. The maximum absolute atomic E-state index is 12.1. The highest BCUT2D eigenvalue weighted by atomic mass is 79.9. The Balaban J connectivity index is 1.79. The van der Waals surface area contributed by atoms with Gasteiger partial charge in [0.15, 0.2) is 6.61 Å². The van der Waals surface area contributed by atoms with Crippen LogP contribution in [-0.4, -0.2) is 29.5 Å². The van der Waals surface area contributed by atoms with Crippen LogP contribution in [0.1, 0.15) is 31.2 Å². The molecule has 2 atom stereocenters. The van der Waals surface area contributed by atoms with Crippen LogP contribution in [0.4, 0.5) is 0 Å². The van der Waals surface area contributed by atoms with Gasteiger partial charge >= 0.3 is 5.97 Å². The summed E-state index contributed by atoms with van der Waals surface area (Å²) >= 11 is 3.38. The molecule has 7 nitrogen and oxygen atoms in total. The highest BCUT2D eigenvalue weighted by molar-refractivity contribution is 9.10. The number of carbonyl (C=O) groups is 3. The van der Waals surface area contributed by atoms with E-state index in [1.807, 2.05) is 13.0 Å². The molecule has 136 valence electrons. The topological polar surface area (TPSA) is 105 Å². The van der Waals surface area contributed by atoms with Crippen molar-refractivity contribution in [3.63, 3.8) is 0 Å². The maximum Gasteiger partial charge on any atom is 0.307 e. The molecule has 2 amide bonds. The summed E-state index contributed by atoms with van der Waals surface area (Å²) in [6.07, 6.45) is 2.59. The molecule has 1 aliphatic rings. The fraction of sp³-hybridized carbons (Fsp3) is 0.471. The molecule has 25 heavy (non-hydrogen) atoms. The number of aliphatic carboxylic acids is 1. The number of aryl methyl sites for hydroxylation is 1. The minimum atomic E-state index is -0.972. The second kappa shape index (κ2) is 8.84. The second-order valence-electron chi connectivity index (χ2n) is 6.07. The van der Waals surface area contributed by atoms with E-state index in [4.69, 9.17) is 4.74 Å². The Morgan fingerprint density at radius 3 is 2.52 bits per heavy atom. The number of carbonyl (C=O) groups excluding carboxylic acids is 2. The molecule has 0 aromatic heterocycles. The van der Waals surface area contributed by atoms with Crippen LogP contribution in [0.25, 0.3) is 0 Å². The molecule has 0 unspecified atom stereocenters. The smallest absolute Gasteiger partial charge is 0.307 e. The van der Waals surface area contributed by atoms with E-state index in [-0.39, 0.29) is 6.61 Å². The Morgan fingerprint density at radius 2 is 1.88 bits per heavy atom. The van der Waals surface area contributed by atoms with Crippen molar-refractivity contribution in [3.05, 3.63) is 28.2 Å². The van der Waals surface area contributed by atoms with Crippen LogP contribution in [0.15, 0.2) is 22.7 Å². The lowest BCUT2D eigenvalue weighted by molar-refractivity contribution is -0.149. The number of hydrogen-bond acceptors (Lipinski definition) is 4. The molecule has 1 aromatic carbocycles. The summed E-state index contributed by atoms with van der Waals surface area (Å²) in [5.74, 6) is -2.74. The number of nitrogens with one attached hydrogen (secondary N) is 2. The zero-order valence-electron chi connectivity index (χ0n) is 13.9. The number of benzene rings is 1. The van der Waals surface area contributed by atoms with Crippen molar-refractivity contribution < 1.29 is 24.2 Å². The van der Waals surface area contributed by atoms with Crippen LogP contribution in [-0.2, 0) is 14.4 Å². The van der Waals surface area contributed by atoms with Gasteiger partial charge in [-0.05, 0) is 43.5 Å². The van der Waals surface area contributed by atoms with E-state index >= 15 is 0 Å². The fourth-order valence-corrected chi connectivity index (χ4v) is 3.10. The van der Waals surface area contributed by atoms with Crippen LogP contribution in [0, 0.1) is 18.8 Å². The maximum atomic E-state index is 12.1. The van der Waals surface area contributed by atoms with E-state index in [2.05, 4.69) is 26.8 Å². The van der Waals surface area contributed by atoms with Crippen LogP contribution in [0.5, 0.6) is 5.75 Å². The fourth-order valence-electron chi connectivity index (χ4n) is 2.86. The molecular formula is C17H21BrN2O5. The lowest BCUT2D eigenvalue weighted by atomic mass is 9.79. The molecule has 1 aromatic rings. The van der Waals surface area contributed by atoms with E-state index in [1.54, 1.807) is 12.1 Å². The van der Waals surface area contributed by atoms with Gasteiger partial charge < -0.3 is 9.84 Å². The van der Waals surface area contributed by atoms with Gasteiger partial charge in [-0.15, -0.1) is 0 Å². The lowest BCUT2D eigenvalue weighted by Gasteiger charge is -2.27. The Bertz CT molecular complexity index is 664. The zero-order chi connectivity index (χ0) is 18.4. The third-order valence-corrected chi connectivity index (χ3v) is 5.13. The molecule has 1 saturated carbocycles.